The van der Waals surface area contributed by atoms with Gasteiger partial charge in [0.1, 0.15) is 12.2 Å². The van der Waals surface area contributed by atoms with E-state index in [0.717, 1.165) is 19.3 Å². The Labute approximate surface area is 146 Å². The molecule has 0 spiro atoms. The Hall–Kier alpha value is -2.51. The number of hydrogen-bond donors (Lipinski definition) is 0. The lowest BCUT2D eigenvalue weighted by molar-refractivity contribution is -0.385. The van der Waals surface area contributed by atoms with E-state index in [0.29, 0.717) is 5.75 Å². The first-order valence-electron chi connectivity index (χ1n) is 8.24. The summed E-state index contributed by atoms with van der Waals surface area (Å²) < 4.78 is 15.8. The van der Waals surface area contributed by atoms with Crippen LogP contribution in [-0.4, -0.2) is 42.2 Å². The molecule has 0 aromatic heterocycles. The van der Waals surface area contributed by atoms with Crippen molar-refractivity contribution in [2.75, 3.05) is 14.2 Å². The van der Waals surface area contributed by atoms with Gasteiger partial charge in [0.25, 0.3) is 5.69 Å². The molecule has 0 radical (unpaired) electrons. The molecule has 1 aliphatic rings. The number of carbonyl (C=O) groups excluding carboxylic acids is 1. The van der Waals surface area contributed by atoms with E-state index in [4.69, 9.17) is 14.2 Å². The zero-order chi connectivity index (χ0) is 18.6. The molecular formula is C17H24N2O6. The third kappa shape index (κ3) is 3.94. The van der Waals surface area contributed by atoms with Crippen LogP contribution in [0, 0.1) is 10.1 Å². The first-order chi connectivity index (χ1) is 11.9. The van der Waals surface area contributed by atoms with Crippen LogP contribution in [-0.2, 0) is 11.3 Å². The number of nitrogens with zero attached hydrogens (tertiary/aromatic N) is 2. The van der Waals surface area contributed by atoms with Gasteiger partial charge in [0.05, 0.1) is 19.1 Å². The van der Waals surface area contributed by atoms with Gasteiger partial charge in [-0.25, -0.2) is 4.79 Å². The lowest BCUT2D eigenvalue weighted by Gasteiger charge is -2.38. The number of benzene rings is 1. The zero-order valence-corrected chi connectivity index (χ0v) is 15.0. The lowest BCUT2D eigenvalue weighted by atomic mass is 9.98. The monoisotopic (exact) mass is 352 g/mol. The molecule has 0 aliphatic carbocycles. The van der Waals surface area contributed by atoms with Gasteiger partial charge < -0.3 is 19.1 Å². The normalized spacial score (nSPS) is 20.1. The van der Waals surface area contributed by atoms with Crippen molar-refractivity contribution < 1.29 is 23.9 Å². The third-order valence-electron chi connectivity index (χ3n) is 4.56. The minimum Gasteiger partial charge on any atom is -0.493 e. The highest BCUT2D eigenvalue weighted by Crippen LogP contribution is 2.37. The van der Waals surface area contributed by atoms with Crippen LogP contribution in [0.25, 0.3) is 0 Å². The second-order valence-corrected chi connectivity index (χ2v) is 6.15. The average molecular weight is 352 g/mol. The van der Waals surface area contributed by atoms with Crippen LogP contribution in [0.3, 0.4) is 0 Å². The SMILES string of the molecule is COc1ccc([N+](=O)[O-])c(COC(=O)N2C(C)CCCC2C)c1OC. The second-order valence-electron chi connectivity index (χ2n) is 6.15. The number of rotatable bonds is 5. The van der Waals surface area contributed by atoms with Gasteiger partial charge in [-0.3, -0.25) is 10.1 Å². The quantitative estimate of drug-likeness (QED) is 0.595. The number of hydrogen-bond acceptors (Lipinski definition) is 6. The smallest absolute Gasteiger partial charge is 0.410 e. The molecule has 1 fully saturated rings. The summed E-state index contributed by atoms with van der Waals surface area (Å²) in [5, 5.41) is 11.3. The standard InChI is InChI=1S/C17H24N2O6/c1-11-6-5-7-12(2)18(11)17(20)25-10-13-14(19(21)22)8-9-15(23-3)16(13)24-4/h8-9,11-12H,5-7,10H2,1-4H3. The Morgan fingerprint density at radius 3 is 2.40 bits per heavy atom. The predicted molar refractivity (Wildman–Crippen MR) is 91.0 cm³/mol. The minimum absolute atomic E-state index is 0.0819. The van der Waals surface area contributed by atoms with Crippen molar-refractivity contribution in [2.24, 2.45) is 0 Å². The van der Waals surface area contributed by atoms with Gasteiger partial charge in [0.15, 0.2) is 11.5 Å². The summed E-state index contributed by atoms with van der Waals surface area (Å²) in [6.07, 6.45) is 2.43. The molecule has 1 aliphatic heterocycles. The van der Waals surface area contributed by atoms with E-state index < -0.39 is 11.0 Å². The molecule has 0 bridgehead atoms. The first kappa shape index (κ1) is 18.8. The van der Waals surface area contributed by atoms with Crippen molar-refractivity contribution in [2.45, 2.75) is 51.8 Å². The molecule has 25 heavy (non-hydrogen) atoms. The van der Waals surface area contributed by atoms with Crippen molar-refractivity contribution in [3.63, 3.8) is 0 Å². The number of piperidine rings is 1. The molecule has 0 N–H and O–H groups in total. The summed E-state index contributed by atoms with van der Waals surface area (Å²) in [7, 11) is 2.83. The second kappa shape index (κ2) is 8.04. The molecule has 1 amide bonds. The molecule has 2 rings (SSSR count). The zero-order valence-electron chi connectivity index (χ0n) is 15.0. The maximum absolute atomic E-state index is 12.5. The predicted octanol–water partition coefficient (Wildman–Crippen LogP) is 3.51. The highest BCUT2D eigenvalue weighted by Gasteiger charge is 2.31. The van der Waals surface area contributed by atoms with Crippen molar-refractivity contribution in [1.29, 1.82) is 0 Å². The first-order valence-corrected chi connectivity index (χ1v) is 8.24. The minimum atomic E-state index is -0.530. The van der Waals surface area contributed by atoms with Crippen LogP contribution < -0.4 is 9.47 Å². The van der Waals surface area contributed by atoms with Crippen molar-refractivity contribution in [3.05, 3.63) is 27.8 Å². The van der Waals surface area contributed by atoms with E-state index in [1.807, 2.05) is 13.8 Å². The number of carbonyl (C=O) groups is 1. The van der Waals surface area contributed by atoms with Gasteiger partial charge in [-0.2, -0.15) is 0 Å². The van der Waals surface area contributed by atoms with E-state index in [1.165, 1.54) is 26.4 Å². The molecule has 8 nitrogen and oxygen atoms in total. The summed E-state index contributed by atoms with van der Waals surface area (Å²) >= 11 is 0. The molecule has 8 heteroatoms. The van der Waals surface area contributed by atoms with Crippen molar-refractivity contribution >= 4 is 11.8 Å². The maximum atomic E-state index is 12.5. The van der Waals surface area contributed by atoms with E-state index in [1.54, 1.807) is 4.90 Å². The molecular weight excluding hydrogens is 328 g/mol. The number of ether oxygens (including phenoxy) is 3. The van der Waals surface area contributed by atoms with Crippen molar-refractivity contribution in [1.82, 2.24) is 4.90 Å². The molecule has 1 saturated heterocycles. The number of likely N-dealkylation sites (tertiary alicyclic amines) is 1. The van der Waals surface area contributed by atoms with Crippen LogP contribution in [0.2, 0.25) is 0 Å². The van der Waals surface area contributed by atoms with Gasteiger partial charge in [0, 0.05) is 18.2 Å². The Kier molecular flexibility index (Phi) is 6.06. The molecule has 1 aromatic carbocycles. The van der Waals surface area contributed by atoms with Gasteiger partial charge in [-0.15, -0.1) is 0 Å². The van der Waals surface area contributed by atoms with Crippen LogP contribution in [0.1, 0.15) is 38.7 Å². The Balaban J connectivity index is 2.24. The summed E-state index contributed by atoms with van der Waals surface area (Å²) in [5.41, 5.74) is 0.00251. The van der Waals surface area contributed by atoms with E-state index >= 15 is 0 Å². The molecule has 138 valence electrons. The molecule has 0 saturated carbocycles. The number of methoxy groups -OCH3 is 2. The highest BCUT2D eigenvalue weighted by atomic mass is 16.6. The number of nitro benzene ring substituents is 1. The maximum Gasteiger partial charge on any atom is 0.410 e. The van der Waals surface area contributed by atoms with Crippen LogP contribution >= 0.6 is 0 Å². The summed E-state index contributed by atoms with van der Waals surface area (Å²) in [5.74, 6) is 0.545. The van der Waals surface area contributed by atoms with E-state index in [2.05, 4.69) is 0 Å². The Bertz CT molecular complexity index is 638. The average Bonchev–Trinajstić information content (AvgIpc) is 2.58. The fourth-order valence-corrected chi connectivity index (χ4v) is 3.28. The van der Waals surface area contributed by atoms with E-state index in [9.17, 15) is 14.9 Å². The topological polar surface area (TPSA) is 91.1 Å². The van der Waals surface area contributed by atoms with Gasteiger partial charge >= 0.3 is 6.09 Å². The summed E-state index contributed by atoms with van der Waals surface area (Å²) in [6.45, 7) is 3.70. The summed E-state index contributed by atoms with van der Waals surface area (Å²) in [4.78, 5) is 25.0. The fraction of sp³-hybridized carbons (Fsp3) is 0.588. The van der Waals surface area contributed by atoms with Gasteiger partial charge in [-0.1, -0.05) is 0 Å². The molecule has 2 atom stereocenters. The number of nitro groups is 1. The van der Waals surface area contributed by atoms with Gasteiger partial charge in [-0.05, 0) is 39.2 Å². The van der Waals surface area contributed by atoms with Crippen LogP contribution in [0.5, 0.6) is 11.5 Å². The molecule has 2 unspecified atom stereocenters. The Morgan fingerprint density at radius 1 is 1.24 bits per heavy atom. The van der Waals surface area contributed by atoms with Crippen molar-refractivity contribution in [3.8, 4) is 11.5 Å². The van der Waals surface area contributed by atoms with Crippen LogP contribution in [0.4, 0.5) is 10.5 Å². The highest BCUT2D eigenvalue weighted by molar-refractivity contribution is 5.69. The largest absolute Gasteiger partial charge is 0.493 e. The van der Waals surface area contributed by atoms with Gasteiger partial charge in [0.2, 0.25) is 0 Å². The fourth-order valence-electron chi connectivity index (χ4n) is 3.28. The number of amides is 1. The lowest BCUT2D eigenvalue weighted by Crippen LogP contribution is -2.47. The molecule has 1 heterocycles. The Morgan fingerprint density at radius 2 is 1.88 bits per heavy atom. The summed E-state index contributed by atoms with van der Waals surface area (Å²) in [6, 6.07) is 2.94. The third-order valence-corrected chi connectivity index (χ3v) is 4.56. The molecule has 1 aromatic rings. The van der Waals surface area contributed by atoms with E-state index in [-0.39, 0.29) is 35.7 Å². The van der Waals surface area contributed by atoms with Crippen LogP contribution in [0.15, 0.2) is 12.1 Å².